The molecular formula is C17H17N3O. The second kappa shape index (κ2) is 5.53. The molecule has 3 rings (SSSR count). The maximum atomic E-state index is 12.4. The minimum atomic E-state index is 0.0633. The molecule has 0 fully saturated rings. The number of ketones is 1. The quantitative estimate of drug-likeness (QED) is 0.812. The summed E-state index contributed by atoms with van der Waals surface area (Å²) in [6.45, 7) is 2.30. The van der Waals surface area contributed by atoms with Crippen molar-refractivity contribution in [1.82, 2.24) is 9.55 Å². The smallest absolute Gasteiger partial charge is 0.182 e. The highest BCUT2D eigenvalue weighted by molar-refractivity contribution is 5.96. The van der Waals surface area contributed by atoms with Gasteiger partial charge in [-0.2, -0.15) is 5.26 Å². The second-order valence-corrected chi connectivity index (χ2v) is 5.46. The summed E-state index contributed by atoms with van der Waals surface area (Å²) in [6, 6.07) is 8.87. The van der Waals surface area contributed by atoms with E-state index in [0.717, 1.165) is 24.4 Å². The molecule has 4 heteroatoms. The van der Waals surface area contributed by atoms with Crippen molar-refractivity contribution in [1.29, 1.82) is 5.26 Å². The van der Waals surface area contributed by atoms with Crippen LogP contribution in [0.25, 0.3) is 0 Å². The third kappa shape index (κ3) is 2.59. The van der Waals surface area contributed by atoms with E-state index >= 15 is 0 Å². The molecule has 0 saturated carbocycles. The van der Waals surface area contributed by atoms with E-state index < -0.39 is 0 Å². The third-order valence-electron chi connectivity index (χ3n) is 4.06. The average molecular weight is 279 g/mol. The van der Waals surface area contributed by atoms with Crippen molar-refractivity contribution in [2.75, 3.05) is 0 Å². The normalized spacial score (nSPS) is 13.5. The van der Waals surface area contributed by atoms with Crippen molar-refractivity contribution >= 4 is 5.78 Å². The number of hydrogen-bond acceptors (Lipinski definition) is 3. The summed E-state index contributed by atoms with van der Waals surface area (Å²) < 4.78 is 2.05. The first-order valence-corrected chi connectivity index (χ1v) is 7.27. The van der Waals surface area contributed by atoms with Crippen molar-refractivity contribution in [3.63, 3.8) is 0 Å². The number of imidazole rings is 1. The molecule has 21 heavy (non-hydrogen) atoms. The van der Waals surface area contributed by atoms with Crippen molar-refractivity contribution in [2.45, 2.75) is 39.2 Å². The van der Waals surface area contributed by atoms with E-state index in [4.69, 9.17) is 5.26 Å². The molecule has 0 bridgehead atoms. The molecule has 1 aliphatic carbocycles. The lowest BCUT2D eigenvalue weighted by Gasteiger charge is -2.14. The minimum absolute atomic E-state index is 0.0633. The molecule has 2 aromatic rings. The first-order valence-electron chi connectivity index (χ1n) is 7.27. The summed E-state index contributed by atoms with van der Waals surface area (Å²) in [6.07, 6.45) is 4.39. The van der Waals surface area contributed by atoms with Gasteiger partial charge in [-0.15, -0.1) is 0 Å². The van der Waals surface area contributed by atoms with E-state index in [0.29, 0.717) is 17.7 Å². The van der Waals surface area contributed by atoms with Gasteiger partial charge in [-0.25, -0.2) is 4.98 Å². The molecule has 1 aliphatic rings. The van der Waals surface area contributed by atoms with Gasteiger partial charge in [-0.05, 0) is 44.7 Å². The fourth-order valence-corrected chi connectivity index (χ4v) is 2.91. The zero-order valence-electron chi connectivity index (χ0n) is 12.1. The van der Waals surface area contributed by atoms with Gasteiger partial charge in [0.25, 0.3) is 0 Å². The number of hydrogen-bond donors (Lipinski definition) is 0. The number of benzene rings is 1. The number of nitriles is 1. The van der Waals surface area contributed by atoms with Crippen LogP contribution in [0.15, 0.2) is 24.3 Å². The number of carbonyl (C=O) groups is 1. The Morgan fingerprint density at radius 3 is 2.71 bits per heavy atom. The Hall–Kier alpha value is -2.41. The average Bonchev–Trinajstić information content (AvgIpc) is 2.83. The number of carbonyl (C=O) groups excluding carboxylic acids is 1. The summed E-state index contributed by atoms with van der Waals surface area (Å²) in [4.78, 5) is 17.0. The Balaban J connectivity index is 1.84. The number of rotatable bonds is 3. The van der Waals surface area contributed by atoms with Crippen LogP contribution in [-0.4, -0.2) is 15.3 Å². The molecule has 1 aromatic carbocycles. The zero-order valence-corrected chi connectivity index (χ0v) is 12.1. The monoisotopic (exact) mass is 279 g/mol. The Bertz CT molecular complexity index is 720. The molecule has 0 spiro atoms. The van der Waals surface area contributed by atoms with Crippen LogP contribution in [0.3, 0.4) is 0 Å². The van der Waals surface area contributed by atoms with Crippen LogP contribution in [0.4, 0.5) is 0 Å². The fourth-order valence-electron chi connectivity index (χ4n) is 2.91. The molecule has 106 valence electrons. The maximum Gasteiger partial charge on any atom is 0.182 e. The Labute approximate surface area is 124 Å². The second-order valence-electron chi connectivity index (χ2n) is 5.46. The summed E-state index contributed by atoms with van der Waals surface area (Å²) in [7, 11) is 0. The number of aromatic nitrogens is 2. The highest BCUT2D eigenvalue weighted by atomic mass is 16.1. The van der Waals surface area contributed by atoms with Crippen LogP contribution < -0.4 is 0 Å². The molecule has 1 aromatic heterocycles. The van der Waals surface area contributed by atoms with Crippen LogP contribution in [-0.2, 0) is 19.4 Å². The van der Waals surface area contributed by atoms with E-state index in [1.807, 2.05) is 6.92 Å². The molecule has 0 amide bonds. The SMILES string of the molecule is Cc1nc2c(n1CC(=O)c1ccc(C#N)cc1)CCCC2. The minimum Gasteiger partial charge on any atom is -0.324 e. The topological polar surface area (TPSA) is 58.7 Å². The predicted molar refractivity (Wildman–Crippen MR) is 79.1 cm³/mol. The summed E-state index contributed by atoms with van der Waals surface area (Å²) >= 11 is 0. The van der Waals surface area contributed by atoms with Crippen molar-refractivity contribution in [3.05, 3.63) is 52.6 Å². The summed E-state index contributed by atoms with van der Waals surface area (Å²) in [5, 5.41) is 8.80. The van der Waals surface area contributed by atoms with E-state index in [1.54, 1.807) is 24.3 Å². The van der Waals surface area contributed by atoms with Gasteiger partial charge in [0.1, 0.15) is 5.82 Å². The van der Waals surface area contributed by atoms with Gasteiger partial charge in [0, 0.05) is 11.3 Å². The van der Waals surface area contributed by atoms with Gasteiger partial charge >= 0.3 is 0 Å². The largest absolute Gasteiger partial charge is 0.324 e. The Morgan fingerprint density at radius 2 is 2.00 bits per heavy atom. The van der Waals surface area contributed by atoms with Gasteiger partial charge in [0.15, 0.2) is 5.78 Å². The highest BCUT2D eigenvalue weighted by Gasteiger charge is 2.19. The Kier molecular flexibility index (Phi) is 3.57. The Morgan fingerprint density at radius 1 is 1.29 bits per heavy atom. The maximum absolute atomic E-state index is 12.4. The van der Waals surface area contributed by atoms with Gasteiger partial charge < -0.3 is 4.57 Å². The van der Waals surface area contributed by atoms with E-state index in [9.17, 15) is 4.79 Å². The first kappa shape index (κ1) is 13.6. The molecule has 4 nitrogen and oxygen atoms in total. The molecular weight excluding hydrogens is 262 g/mol. The van der Waals surface area contributed by atoms with Gasteiger partial charge in [-0.1, -0.05) is 12.1 Å². The van der Waals surface area contributed by atoms with Gasteiger partial charge in [-0.3, -0.25) is 4.79 Å². The number of aryl methyl sites for hydroxylation is 2. The summed E-state index contributed by atoms with van der Waals surface area (Å²) in [5.41, 5.74) is 3.60. The van der Waals surface area contributed by atoms with Crippen LogP contribution >= 0.6 is 0 Å². The van der Waals surface area contributed by atoms with Gasteiger partial charge in [0.2, 0.25) is 0 Å². The first-order chi connectivity index (χ1) is 10.2. The lowest BCUT2D eigenvalue weighted by atomic mass is 10.0. The van der Waals surface area contributed by atoms with Crippen LogP contribution in [0.2, 0.25) is 0 Å². The number of fused-ring (bicyclic) bond motifs is 1. The summed E-state index contributed by atoms with van der Waals surface area (Å²) in [5.74, 6) is 0.984. The zero-order chi connectivity index (χ0) is 14.8. The molecule has 0 N–H and O–H groups in total. The van der Waals surface area contributed by atoms with Crippen molar-refractivity contribution in [2.24, 2.45) is 0 Å². The van der Waals surface area contributed by atoms with Crippen molar-refractivity contribution in [3.8, 4) is 6.07 Å². The highest BCUT2D eigenvalue weighted by Crippen LogP contribution is 2.22. The van der Waals surface area contributed by atoms with E-state index in [1.165, 1.54) is 18.5 Å². The van der Waals surface area contributed by atoms with Crippen LogP contribution in [0.1, 0.15) is 46.0 Å². The predicted octanol–water partition coefficient (Wildman–Crippen LogP) is 2.82. The van der Waals surface area contributed by atoms with Gasteiger partial charge in [0.05, 0.1) is 23.9 Å². The molecule has 0 unspecified atom stereocenters. The van der Waals surface area contributed by atoms with E-state index in [-0.39, 0.29) is 5.78 Å². The standard InChI is InChI=1S/C17H17N3O/c1-12-19-15-4-2-3-5-16(15)20(12)11-17(21)14-8-6-13(10-18)7-9-14/h6-9H,2-5,11H2,1H3. The molecule has 0 saturated heterocycles. The lowest BCUT2D eigenvalue weighted by Crippen LogP contribution is -2.16. The third-order valence-corrected chi connectivity index (χ3v) is 4.06. The molecule has 0 aliphatic heterocycles. The number of nitrogens with zero attached hydrogens (tertiary/aromatic N) is 3. The molecule has 0 radical (unpaired) electrons. The van der Waals surface area contributed by atoms with Crippen molar-refractivity contribution < 1.29 is 4.79 Å². The number of Topliss-reactive ketones (excluding diaryl/α,β-unsaturated/α-hetero) is 1. The van der Waals surface area contributed by atoms with E-state index in [2.05, 4.69) is 15.6 Å². The molecule has 0 atom stereocenters. The fraction of sp³-hybridized carbons (Fsp3) is 0.353. The molecule has 1 heterocycles. The van der Waals surface area contributed by atoms with Crippen LogP contribution in [0, 0.1) is 18.3 Å². The van der Waals surface area contributed by atoms with Crippen LogP contribution in [0.5, 0.6) is 0 Å². The lowest BCUT2D eigenvalue weighted by molar-refractivity contribution is 0.0970.